The highest BCUT2D eigenvalue weighted by atomic mass is 16.5. The molecule has 20 heavy (non-hydrogen) atoms. The normalized spacial score (nSPS) is 20.8. The summed E-state index contributed by atoms with van der Waals surface area (Å²) in [5.74, 6) is 2.13. The van der Waals surface area contributed by atoms with Crippen LogP contribution in [0.2, 0.25) is 0 Å². The van der Waals surface area contributed by atoms with Crippen molar-refractivity contribution in [1.29, 1.82) is 5.26 Å². The van der Waals surface area contributed by atoms with E-state index in [0.29, 0.717) is 17.5 Å². The maximum Gasteiger partial charge on any atom is 0.127 e. The molecule has 100 valence electrons. The van der Waals surface area contributed by atoms with Crippen molar-refractivity contribution >= 4 is 0 Å². The molecule has 0 amide bonds. The molecule has 0 radical (unpaired) electrons. The fourth-order valence-electron chi connectivity index (χ4n) is 2.50. The van der Waals surface area contributed by atoms with Crippen molar-refractivity contribution in [2.75, 3.05) is 0 Å². The van der Waals surface area contributed by atoms with Crippen LogP contribution in [0.1, 0.15) is 29.9 Å². The van der Waals surface area contributed by atoms with E-state index in [1.54, 1.807) is 12.1 Å². The number of nitrogens with zero attached hydrogens (tertiary/aromatic N) is 1. The molecule has 2 N–H and O–H groups in total. The molecule has 0 aromatic heterocycles. The third-order valence-electron chi connectivity index (χ3n) is 3.72. The van der Waals surface area contributed by atoms with Crippen LogP contribution >= 0.6 is 0 Å². The number of benzene rings is 2. The van der Waals surface area contributed by atoms with E-state index in [2.05, 4.69) is 18.2 Å². The van der Waals surface area contributed by atoms with Gasteiger partial charge in [0.25, 0.3) is 0 Å². The van der Waals surface area contributed by atoms with Crippen molar-refractivity contribution in [2.24, 2.45) is 5.73 Å². The highest BCUT2D eigenvalue weighted by Gasteiger charge is 2.27. The van der Waals surface area contributed by atoms with E-state index in [1.807, 2.05) is 24.3 Å². The maximum absolute atomic E-state index is 8.77. The minimum absolute atomic E-state index is 0.350. The molecule has 3 rings (SSSR count). The Bertz CT molecular complexity index is 637. The summed E-state index contributed by atoms with van der Waals surface area (Å²) < 4.78 is 5.82. The van der Waals surface area contributed by atoms with E-state index in [-0.39, 0.29) is 0 Å². The largest absolute Gasteiger partial charge is 0.457 e. The lowest BCUT2D eigenvalue weighted by Crippen LogP contribution is -2.34. The summed E-state index contributed by atoms with van der Waals surface area (Å²) in [5.41, 5.74) is 7.76. The van der Waals surface area contributed by atoms with Crippen LogP contribution in [0.3, 0.4) is 0 Å². The van der Waals surface area contributed by atoms with Crippen molar-refractivity contribution in [3.63, 3.8) is 0 Å². The Morgan fingerprint density at radius 1 is 1.05 bits per heavy atom. The second-order valence-corrected chi connectivity index (χ2v) is 5.24. The molecule has 2 aromatic carbocycles. The summed E-state index contributed by atoms with van der Waals surface area (Å²) in [6.45, 7) is 0. The third kappa shape index (κ3) is 2.66. The average Bonchev–Trinajstić information content (AvgIpc) is 2.45. The molecule has 0 saturated heterocycles. The van der Waals surface area contributed by atoms with Gasteiger partial charge in [-0.05, 0) is 60.7 Å². The van der Waals surface area contributed by atoms with Crippen molar-refractivity contribution in [3.8, 4) is 17.6 Å². The smallest absolute Gasteiger partial charge is 0.127 e. The van der Waals surface area contributed by atoms with E-state index in [9.17, 15) is 0 Å². The van der Waals surface area contributed by atoms with E-state index < -0.39 is 0 Å². The van der Waals surface area contributed by atoms with Gasteiger partial charge in [-0.1, -0.05) is 12.1 Å². The topological polar surface area (TPSA) is 59.0 Å². The predicted molar refractivity (Wildman–Crippen MR) is 77.6 cm³/mol. The molecule has 0 atom stereocenters. The summed E-state index contributed by atoms with van der Waals surface area (Å²) in [7, 11) is 0. The van der Waals surface area contributed by atoms with Crippen molar-refractivity contribution in [2.45, 2.75) is 24.8 Å². The van der Waals surface area contributed by atoms with Gasteiger partial charge in [-0.3, -0.25) is 0 Å². The van der Waals surface area contributed by atoms with Crippen molar-refractivity contribution in [3.05, 3.63) is 59.7 Å². The Balaban J connectivity index is 1.73. The third-order valence-corrected chi connectivity index (χ3v) is 3.72. The molecular weight excluding hydrogens is 248 g/mol. The van der Waals surface area contributed by atoms with Gasteiger partial charge >= 0.3 is 0 Å². The van der Waals surface area contributed by atoms with Gasteiger partial charge in [-0.15, -0.1) is 0 Å². The van der Waals surface area contributed by atoms with Crippen LogP contribution in [0, 0.1) is 11.3 Å². The van der Waals surface area contributed by atoms with E-state index in [0.717, 1.165) is 24.3 Å². The number of hydrogen-bond donors (Lipinski definition) is 1. The summed E-state index contributed by atoms with van der Waals surface area (Å²) >= 11 is 0. The first-order chi connectivity index (χ1) is 9.74. The van der Waals surface area contributed by atoms with E-state index in [1.165, 1.54) is 5.56 Å². The number of rotatable bonds is 3. The van der Waals surface area contributed by atoms with Gasteiger partial charge in [0.2, 0.25) is 0 Å². The van der Waals surface area contributed by atoms with Gasteiger partial charge in [0.1, 0.15) is 11.5 Å². The number of ether oxygens (including phenoxy) is 1. The lowest BCUT2D eigenvalue weighted by atomic mass is 9.76. The summed E-state index contributed by atoms with van der Waals surface area (Å²) in [6, 6.07) is 17.7. The Morgan fingerprint density at radius 2 is 1.80 bits per heavy atom. The van der Waals surface area contributed by atoms with Crippen molar-refractivity contribution < 1.29 is 4.74 Å². The monoisotopic (exact) mass is 264 g/mol. The standard InChI is InChI=1S/C17H16N2O/c18-11-12-4-6-16(7-5-12)20-17-3-1-2-13(10-17)14-8-15(19)9-14/h1-7,10,14-15H,8-9,19H2. The minimum Gasteiger partial charge on any atom is -0.457 e. The molecule has 1 aliphatic rings. The number of hydrogen-bond acceptors (Lipinski definition) is 3. The second kappa shape index (κ2) is 5.36. The zero-order chi connectivity index (χ0) is 13.9. The van der Waals surface area contributed by atoms with Gasteiger partial charge in [0.15, 0.2) is 0 Å². The zero-order valence-corrected chi connectivity index (χ0v) is 11.1. The van der Waals surface area contributed by atoms with Crippen LogP contribution in [0.5, 0.6) is 11.5 Å². The van der Waals surface area contributed by atoms with Gasteiger partial charge in [0.05, 0.1) is 11.6 Å². The fraction of sp³-hybridized carbons (Fsp3) is 0.235. The van der Waals surface area contributed by atoms with Crippen LogP contribution in [-0.2, 0) is 0 Å². The number of nitriles is 1. The minimum atomic E-state index is 0.350. The summed E-state index contributed by atoms with van der Waals surface area (Å²) in [6.07, 6.45) is 2.11. The molecule has 0 heterocycles. The van der Waals surface area contributed by atoms with Crippen LogP contribution in [0.4, 0.5) is 0 Å². The molecule has 0 bridgehead atoms. The first kappa shape index (κ1) is 12.7. The Kier molecular flexibility index (Phi) is 3.41. The molecule has 3 heteroatoms. The molecule has 1 aliphatic carbocycles. The molecule has 1 saturated carbocycles. The highest BCUT2D eigenvalue weighted by Crippen LogP contribution is 2.37. The molecule has 0 aliphatic heterocycles. The highest BCUT2D eigenvalue weighted by molar-refractivity contribution is 5.39. The first-order valence-corrected chi connectivity index (χ1v) is 6.78. The van der Waals surface area contributed by atoms with E-state index in [4.69, 9.17) is 15.7 Å². The lowest BCUT2D eigenvalue weighted by Gasteiger charge is -2.32. The fourth-order valence-corrected chi connectivity index (χ4v) is 2.50. The van der Waals surface area contributed by atoms with Crippen LogP contribution in [-0.4, -0.2) is 6.04 Å². The van der Waals surface area contributed by atoms with Gasteiger partial charge in [-0.25, -0.2) is 0 Å². The Labute approximate surface area is 118 Å². The molecule has 1 fully saturated rings. The molecule has 2 aromatic rings. The molecule has 3 nitrogen and oxygen atoms in total. The van der Waals surface area contributed by atoms with Gasteiger partial charge in [-0.2, -0.15) is 5.26 Å². The number of nitrogens with two attached hydrogens (primary N) is 1. The summed E-state index contributed by atoms with van der Waals surface area (Å²) in [5, 5.41) is 8.77. The quantitative estimate of drug-likeness (QED) is 0.922. The van der Waals surface area contributed by atoms with E-state index >= 15 is 0 Å². The lowest BCUT2D eigenvalue weighted by molar-refractivity contribution is 0.350. The predicted octanol–water partition coefficient (Wildman–Crippen LogP) is 3.56. The Morgan fingerprint density at radius 3 is 2.45 bits per heavy atom. The first-order valence-electron chi connectivity index (χ1n) is 6.78. The van der Waals surface area contributed by atoms with Gasteiger partial charge in [0, 0.05) is 6.04 Å². The second-order valence-electron chi connectivity index (χ2n) is 5.24. The molecular formula is C17H16N2O. The maximum atomic E-state index is 8.77. The SMILES string of the molecule is N#Cc1ccc(Oc2cccc(C3CC(N)C3)c2)cc1. The van der Waals surface area contributed by atoms with Gasteiger partial charge < -0.3 is 10.5 Å². The molecule has 0 spiro atoms. The van der Waals surface area contributed by atoms with Crippen LogP contribution < -0.4 is 10.5 Å². The summed E-state index contributed by atoms with van der Waals surface area (Å²) in [4.78, 5) is 0. The molecule has 0 unspecified atom stereocenters. The van der Waals surface area contributed by atoms with Crippen molar-refractivity contribution in [1.82, 2.24) is 0 Å². The van der Waals surface area contributed by atoms with Crippen LogP contribution in [0.15, 0.2) is 48.5 Å². The zero-order valence-electron chi connectivity index (χ0n) is 11.1. The Hall–Kier alpha value is -2.31. The van der Waals surface area contributed by atoms with Crippen LogP contribution in [0.25, 0.3) is 0 Å². The average molecular weight is 264 g/mol.